The summed E-state index contributed by atoms with van der Waals surface area (Å²) in [4.78, 5) is 0. The Balaban J connectivity index is 2.91. The van der Waals surface area contributed by atoms with E-state index < -0.39 is 18.8 Å². The minimum absolute atomic E-state index is 0.460. The SMILES string of the molecule is NCCc1ccccc1C(O)C(O)CO. The van der Waals surface area contributed by atoms with Crippen LogP contribution in [-0.2, 0) is 6.42 Å². The van der Waals surface area contributed by atoms with Gasteiger partial charge in [0.2, 0.25) is 0 Å². The zero-order valence-corrected chi connectivity index (χ0v) is 8.50. The Bertz CT molecular complexity index is 304. The molecule has 0 bridgehead atoms. The van der Waals surface area contributed by atoms with Crippen molar-refractivity contribution in [3.63, 3.8) is 0 Å². The molecule has 1 aromatic carbocycles. The van der Waals surface area contributed by atoms with Crippen molar-refractivity contribution in [1.29, 1.82) is 0 Å². The second-order valence-electron chi connectivity index (χ2n) is 3.43. The second kappa shape index (κ2) is 5.82. The average molecular weight is 211 g/mol. The predicted molar refractivity (Wildman–Crippen MR) is 57.3 cm³/mol. The van der Waals surface area contributed by atoms with Crippen LogP contribution in [0.25, 0.3) is 0 Å². The maximum Gasteiger partial charge on any atom is 0.107 e. The quantitative estimate of drug-likeness (QED) is 0.532. The summed E-state index contributed by atoms with van der Waals surface area (Å²) in [5, 5.41) is 27.8. The van der Waals surface area contributed by atoms with E-state index in [0.717, 1.165) is 5.56 Å². The van der Waals surface area contributed by atoms with Gasteiger partial charge in [-0.3, -0.25) is 0 Å². The third kappa shape index (κ3) is 3.00. The van der Waals surface area contributed by atoms with Gasteiger partial charge in [0, 0.05) is 0 Å². The molecule has 15 heavy (non-hydrogen) atoms. The number of hydrogen-bond acceptors (Lipinski definition) is 4. The maximum absolute atomic E-state index is 9.75. The van der Waals surface area contributed by atoms with Crippen molar-refractivity contribution >= 4 is 0 Å². The molecule has 0 saturated heterocycles. The lowest BCUT2D eigenvalue weighted by molar-refractivity contribution is -0.0156. The largest absolute Gasteiger partial charge is 0.394 e. The molecule has 0 amide bonds. The fourth-order valence-corrected chi connectivity index (χ4v) is 1.51. The van der Waals surface area contributed by atoms with Gasteiger partial charge < -0.3 is 21.1 Å². The Morgan fingerprint density at radius 2 is 1.87 bits per heavy atom. The van der Waals surface area contributed by atoms with Crippen molar-refractivity contribution in [2.24, 2.45) is 5.73 Å². The van der Waals surface area contributed by atoms with Gasteiger partial charge in [-0.2, -0.15) is 0 Å². The van der Waals surface area contributed by atoms with Gasteiger partial charge in [0.1, 0.15) is 12.2 Å². The first kappa shape index (κ1) is 12.1. The van der Waals surface area contributed by atoms with Gasteiger partial charge in [-0.25, -0.2) is 0 Å². The normalized spacial score (nSPS) is 14.9. The first-order valence-electron chi connectivity index (χ1n) is 4.95. The zero-order chi connectivity index (χ0) is 11.3. The van der Waals surface area contributed by atoms with Gasteiger partial charge in [-0.05, 0) is 24.1 Å². The van der Waals surface area contributed by atoms with Crippen LogP contribution in [-0.4, -0.2) is 34.6 Å². The van der Waals surface area contributed by atoms with Crippen LogP contribution in [0, 0.1) is 0 Å². The summed E-state index contributed by atoms with van der Waals surface area (Å²) in [5.74, 6) is 0. The van der Waals surface area contributed by atoms with Crippen molar-refractivity contribution in [3.05, 3.63) is 35.4 Å². The van der Waals surface area contributed by atoms with Gasteiger partial charge in [-0.1, -0.05) is 24.3 Å². The summed E-state index contributed by atoms with van der Waals surface area (Å²) < 4.78 is 0. The van der Waals surface area contributed by atoms with Gasteiger partial charge in [-0.15, -0.1) is 0 Å². The highest BCUT2D eigenvalue weighted by molar-refractivity contribution is 5.30. The summed E-state index contributed by atoms with van der Waals surface area (Å²) in [7, 11) is 0. The number of benzene rings is 1. The van der Waals surface area contributed by atoms with Crippen molar-refractivity contribution in [2.75, 3.05) is 13.2 Å². The van der Waals surface area contributed by atoms with E-state index in [2.05, 4.69) is 0 Å². The van der Waals surface area contributed by atoms with Crippen LogP contribution in [0.1, 0.15) is 17.2 Å². The molecule has 0 spiro atoms. The average Bonchev–Trinajstić information content (AvgIpc) is 2.28. The molecule has 2 unspecified atom stereocenters. The first-order chi connectivity index (χ1) is 7.20. The topological polar surface area (TPSA) is 86.7 Å². The molecule has 0 radical (unpaired) electrons. The van der Waals surface area contributed by atoms with E-state index in [0.29, 0.717) is 18.5 Å². The minimum Gasteiger partial charge on any atom is -0.394 e. The van der Waals surface area contributed by atoms with Crippen LogP contribution in [0.2, 0.25) is 0 Å². The van der Waals surface area contributed by atoms with Crippen LogP contribution >= 0.6 is 0 Å². The standard InChI is InChI=1S/C11H17NO3/c12-6-5-8-3-1-2-4-9(8)11(15)10(14)7-13/h1-4,10-11,13-15H,5-7,12H2. The van der Waals surface area contributed by atoms with Crippen molar-refractivity contribution < 1.29 is 15.3 Å². The Hall–Kier alpha value is -0.940. The van der Waals surface area contributed by atoms with E-state index >= 15 is 0 Å². The fraction of sp³-hybridized carbons (Fsp3) is 0.455. The monoisotopic (exact) mass is 211 g/mol. The third-order valence-corrected chi connectivity index (χ3v) is 2.34. The molecule has 0 aliphatic heterocycles. The highest BCUT2D eigenvalue weighted by Crippen LogP contribution is 2.21. The molecule has 0 aliphatic carbocycles. The number of rotatable bonds is 5. The third-order valence-electron chi connectivity index (χ3n) is 2.34. The molecule has 4 heteroatoms. The Kier molecular flexibility index (Phi) is 4.71. The second-order valence-corrected chi connectivity index (χ2v) is 3.43. The van der Waals surface area contributed by atoms with Crippen LogP contribution in [0.3, 0.4) is 0 Å². The lowest BCUT2D eigenvalue weighted by Crippen LogP contribution is -2.23. The van der Waals surface area contributed by atoms with E-state index in [4.69, 9.17) is 10.8 Å². The molecule has 0 aromatic heterocycles. The fourth-order valence-electron chi connectivity index (χ4n) is 1.51. The van der Waals surface area contributed by atoms with E-state index in [9.17, 15) is 10.2 Å². The number of nitrogens with two attached hydrogens (primary N) is 1. The lowest BCUT2D eigenvalue weighted by Gasteiger charge is -2.18. The number of aliphatic hydroxyl groups excluding tert-OH is 3. The smallest absolute Gasteiger partial charge is 0.107 e. The van der Waals surface area contributed by atoms with E-state index in [1.807, 2.05) is 12.1 Å². The molecule has 84 valence electrons. The first-order valence-corrected chi connectivity index (χ1v) is 4.95. The molecule has 0 saturated carbocycles. The van der Waals surface area contributed by atoms with Crippen LogP contribution < -0.4 is 5.73 Å². The van der Waals surface area contributed by atoms with E-state index in [-0.39, 0.29) is 0 Å². The summed E-state index contributed by atoms with van der Waals surface area (Å²) in [5.41, 5.74) is 6.98. The van der Waals surface area contributed by atoms with Crippen molar-refractivity contribution in [3.8, 4) is 0 Å². The molecule has 0 fully saturated rings. The Labute approximate surface area is 89.0 Å². The molecular formula is C11H17NO3. The molecule has 1 rings (SSSR count). The molecule has 4 nitrogen and oxygen atoms in total. The number of aliphatic hydroxyl groups is 3. The predicted octanol–water partition coefficient (Wildman–Crippen LogP) is -0.426. The molecular weight excluding hydrogens is 194 g/mol. The number of hydrogen-bond donors (Lipinski definition) is 4. The summed E-state index contributed by atoms with van der Waals surface area (Å²) in [6.07, 6.45) is -1.56. The lowest BCUT2D eigenvalue weighted by atomic mass is 9.97. The van der Waals surface area contributed by atoms with Crippen LogP contribution in [0.5, 0.6) is 0 Å². The van der Waals surface area contributed by atoms with Crippen molar-refractivity contribution in [1.82, 2.24) is 0 Å². The summed E-state index contributed by atoms with van der Waals surface area (Å²) in [6, 6.07) is 7.22. The van der Waals surface area contributed by atoms with E-state index in [1.165, 1.54) is 0 Å². The maximum atomic E-state index is 9.75. The zero-order valence-electron chi connectivity index (χ0n) is 8.50. The minimum atomic E-state index is -1.15. The molecule has 0 aliphatic rings. The van der Waals surface area contributed by atoms with Gasteiger partial charge in [0.15, 0.2) is 0 Å². The Morgan fingerprint density at radius 1 is 1.20 bits per heavy atom. The van der Waals surface area contributed by atoms with E-state index in [1.54, 1.807) is 12.1 Å². The van der Waals surface area contributed by atoms with Crippen molar-refractivity contribution in [2.45, 2.75) is 18.6 Å². The molecule has 2 atom stereocenters. The Morgan fingerprint density at radius 3 is 2.47 bits per heavy atom. The van der Waals surface area contributed by atoms with Crippen LogP contribution in [0.15, 0.2) is 24.3 Å². The van der Waals surface area contributed by atoms with Crippen LogP contribution in [0.4, 0.5) is 0 Å². The molecule has 5 N–H and O–H groups in total. The van der Waals surface area contributed by atoms with Gasteiger partial charge in [0.25, 0.3) is 0 Å². The molecule has 0 heterocycles. The van der Waals surface area contributed by atoms with Gasteiger partial charge in [0.05, 0.1) is 6.61 Å². The molecule has 1 aromatic rings. The highest BCUT2D eigenvalue weighted by Gasteiger charge is 2.19. The highest BCUT2D eigenvalue weighted by atomic mass is 16.4. The summed E-state index contributed by atoms with van der Waals surface area (Å²) >= 11 is 0. The van der Waals surface area contributed by atoms with Gasteiger partial charge >= 0.3 is 0 Å². The summed E-state index contributed by atoms with van der Waals surface area (Å²) in [6.45, 7) is 0.0249.